The van der Waals surface area contributed by atoms with Crippen LogP contribution in [-0.2, 0) is 23.7 Å². The van der Waals surface area contributed by atoms with Crippen LogP contribution in [0.1, 0.15) is 66.7 Å². The fourth-order valence-corrected chi connectivity index (χ4v) is 4.18. The van der Waals surface area contributed by atoms with Gasteiger partial charge in [0.05, 0.1) is 14.2 Å². The normalized spacial score (nSPS) is 21.9. The molecule has 0 aromatic carbocycles. The van der Waals surface area contributed by atoms with Crippen LogP contribution < -0.4 is 0 Å². The highest BCUT2D eigenvalue weighted by Gasteiger charge is 2.54. The molecule has 1 rings (SSSR count). The summed E-state index contributed by atoms with van der Waals surface area (Å²) in [7, 11) is 6.10. The molecule has 0 radical (unpaired) electrons. The first kappa shape index (κ1) is 27.2. The van der Waals surface area contributed by atoms with Crippen molar-refractivity contribution in [2.45, 2.75) is 72.5 Å². The zero-order chi connectivity index (χ0) is 23.6. The number of allylic oxidation sites excluding steroid dienone is 7. The van der Waals surface area contributed by atoms with Gasteiger partial charge in [0.15, 0.2) is 0 Å². The molecule has 0 aromatic rings. The summed E-state index contributed by atoms with van der Waals surface area (Å²) in [6, 6.07) is 0. The highest BCUT2D eigenvalue weighted by atomic mass is 16.7. The molecule has 0 fully saturated rings. The van der Waals surface area contributed by atoms with Crippen molar-refractivity contribution < 1.29 is 23.7 Å². The SMILES string of the molecule is COC1=C(OC)C(OC)(OC)C(C)C(C/C=C(\C)CC/C=C(\C)CCC=C(C)C)C1=O. The molecule has 2 atom stereocenters. The van der Waals surface area contributed by atoms with E-state index in [-0.39, 0.29) is 23.4 Å². The number of ether oxygens (including phenoxy) is 4. The van der Waals surface area contributed by atoms with Crippen molar-refractivity contribution in [3.05, 3.63) is 46.5 Å². The first-order valence-electron chi connectivity index (χ1n) is 11.1. The Hall–Kier alpha value is -1.85. The predicted molar refractivity (Wildman–Crippen MR) is 125 cm³/mol. The standard InChI is InChI=1S/C26H42O5/c1-18(2)12-10-13-19(3)14-11-15-20(4)16-17-22-21(5)26(30-8,31-9)25(29-7)24(28-6)23(22)27/h12,14,16,21-22H,10-11,13,15,17H2,1-9H3/b19-14+,20-16+. The van der Waals surface area contributed by atoms with E-state index in [4.69, 9.17) is 18.9 Å². The van der Waals surface area contributed by atoms with Crippen LogP contribution in [0.4, 0.5) is 0 Å². The molecule has 0 heterocycles. The zero-order valence-corrected chi connectivity index (χ0v) is 21.0. The summed E-state index contributed by atoms with van der Waals surface area (Å²) in [5.74, 6) is -1.30. The third-order valence-electron chi connectivity index (χ3n) is 6.14. The highest BCUT2D eigenvalue weighted by molar-refractivity contribution is 5.97. The molecule has 5 heteroatoms. The molecule has 0 spiro atoms. The Morgan fingerprint density at radius 3 is 1.90 bits per heavy atom. The number of Topliss-reactive ketones (excluding diaryl/α,β-unsaturated/α-hetero) is 1. The maximum absolute atomic E-state index is 13.1. The molecular formula is C26H42O5. The Balaban J connectivity index is 2.87. The van der Waals surface area contributed by atoms with E-state index < -0.39 is 5.79 Å². The smallest absolute Gasteiger partial charge is 0.234 e. The average Bonchev–Trinajstić information content (AvgIpc) is 2.73. The fraction of sp³-hybridized carbons (Fsp3) is 0.654. The summed E-state index contributed by atoms with van der Waals surface area (Å²) < 4.78 is 22.3. The average molecular weight is 435 g/mol. The topological polar surface area (TPSA) is 54.0 Å². The molecule has 1 aliphatic carbocycles. The first-order valence-corrected chi connectivity index (χ1v) is 11.1. The number of hydrogen-bond acceptors (Lipinski definition) is 5. The molecule has 5 nitrogen and oxygen atoms in total. The molecule has 0 aromatic heterocycles. The second-order valence-electron chi connectivity index (χ2n) is 8.60. The van der Waals surface area contributed by atoms with Crippen LogP contribution >= 0.6 is 0 Å². The minimum absolute atomic E-state index is 0.0735. The molecule has 0 N–H and O–H groups in total. The Bertz CT molecular complexity index is 718. The van der Waals surface area contributed by atoms with E-state index in [0.717, 1.165) is 25.7 Å². The van der Waals surface area contributed by atoms with Crippen molar-refractivity contribution in [1.82, 2.24) is 0 Å². The molecule has 0 saturated heterocycles. The van der Waals surface area contributed by atoms with Crippen molar-refractivity contribution in [2.24, 2.45) is 11.8 Å². The summed E-state index contributed by atoms with van der Waals surface area (Å²) in [5, 5.41) is 0. The number of carbonyl (C=O) groups excluding carboxylic acids is 1. The molecule has 0 bridgehead atoms. The van der Waals surface area contributed by atoms with Crippen LogP contribution in [0.2, 0.25) is 0 Å². The lowest BCUT2D eigenvalue weighted by Gasteiger charge is -2.43. The van der Waals surface area contributed by atoms with E-state index in [1.807, 2.05) is 6.92 Å². The van der Waals surface area contributed by atoms with E-state index in [1.165, 1.54) is 30.9 Å². The monoisotopic (exact) mass is 434 g/mol. The van der Waals surface area contributed by atoms with Crippen LogP contribution in [0.5, 0.6) is 0 Å². The van der Waals surface area contributed by atoms with E-state index >= 15 is 0 Å². The Morgan fingerprint density at radius 1 is 0.871 bits per heavy atom. The zero-order valence-electron chi connectivity index (χ0n) is 21.0. The molecule has 0 saturated carbocycles. The molecule has 2 unspecified atom stereocenters. The van der Waals surface area contributed by atoms with Gasteiger partial charge < -0.3 is 18.9 Å². The summed E-state index contributed by atoms with van der Waals surface area (Å²) in [6.07, 6.45) is 11.6. The van der Waals surface area contributed by atoms with Gasteiger partial charge >= 0.3 is 0 Å². The van der Waals surface area contributed by atoms with Gasteiger partial charge in [0, 0.05) is 26.1 Å². The highest BCUT2D eigenvalue weighted by Crippen LogP contribution is 2.44. The number of ketones is 1. The lowest BCUT2D eigenvalue weighted by atomic mass is 9.75. The fourth-order valence-electron chi connectivity index (χ4n) is 4.18. The van der Waals surface area contributed by atoms with Crippen LogP contribution in [0.15, 0.2) is 46.5 Å². The van der Waals surface area contributed by atoms with Crippen LogP contribution in [0.3, 0.4) is 0 Å². The minimum atomic E-state index is -1.15. The van der Waals surface area contributed by atoms with Crippen LogP contribution in [0.25, 0.3) is 0 Å². The number of rotatable bonds is 12. The van der Waals surface area contributed by atoms with Gasteiger partial charge in [-0.2, -0.15) is 0 Å². The van der Waals surface area contributed by atoms with E-state index in [1.54, 1.807) is 14.2 Å². The molecule has 0 amide bonds. The maximum Gasteiger partial charge on any atom is 0.234 e. The van der Waals surface area contributed by atoms with Crippen molar-refractivity contribution in [2.75, 3.05) is 28.4 Å². The van der Waals surface area contributed by atoms with Crippen molar-refractivity contribution in [1.29, 1.82) is 0 Å². The molecule has 31 heavy (non-hydrogen) atoms. The summed E-state index contributed by atoms with van der Waals surface area (Å²) in [6.45, 7) is 10.5. The van der Waals surface area contributed by atoms with Crippen LogP contribution in [0, 0.1) is 11.8 Å². The quantitative estimate of drug-likeness (QED) is 0.273. The Morgan fingerprint density at radius 2 is 1.42 bits per heavy atom. The molecule has 1 aliphatic rings. The lowest BCUT2D eigenvalue weighted by molar-refractivity contribution is -0.244. The number of methoxy groups -OCH3 is 4. The van der Waals surface area contributed by atoms with Gasteiger partial charge in [0.2, 0.25) is 23.1 Å². The Kier molecular flexibility index (Phi) is 11.3. The van der Waals surface area contributed by atoms with Gasteiger partial charge in [-0.25, -0.2) is 0 Å². The summed E-state index contributed by atoms with van der Waals surface area (Å²) in [5.41, 5.74) is 4.07. The van der Waals surface area contributed by atoms with Gasteiger partial charge in [-0.05, 0) is 59.8 Å². The summed E-state index contributed by atoms with van der Waals surface area (Å²) in [4.78, 5) is 13.1. The summed E-state index contributed by atoms with van der Waals surface area (Å²) >= 11 is 0. The largest absolute Gasteiger partial charge is 0.492 e. The number of hydrogen-bond donors (Lipinski definition) is 0. The van der Waals surface area contributed by atoms with Gasteiger partial charge in [-0.3, -0.25) is 4.79 Å². The van der Waals surface area contributed by atoms with Crippen LogP contribution in [-0.4, -0.2) is 40.0 Å². The maximum atomic E-state index is 13.1. The van der Waals surface area contributed by atoms with E-state index in [0.29, 0.717) is 12.2 Å². The van der Waals surface area contributed by atoms with Crippen molar-refractivity contribution in [3.8, 4) is 0 Å². The van der Waals surface area contributed by atoms with E-state index in [9.17, 15) is 4.79 Å². The second-order valence-corrected chi connectivity index (χ2v) is 8.60. The lowest BCUT2D eigenvalue weighted by Crippen LogP contribution is -2.52. The predicted octanol–water partition coefficient (Wildman–Crippen LogP) is 6.12. The Labute approximate surface area is 189 Å². The van der Waals surface area contributed by atoms with Gasteiger partial charge in [0.1, 0.15) is 0 Å². The van der Waals surface area contributed by atoms with Crippen molar-refractivity contribution in [3.63, 3.8) is 0 Å². The number of carbonyl (C=O) groups is 1. The van der Waals surface area contributed by atoms with Gasteiger partial charge in [-0.15, -0.1) is 0 Å². The van der Waals surface area contributed by atoms with Crippen molar-refractivity contribution >= 4 is 5.78 Å². The first-order chi connectivity index (χ1) is 14.7. The molecule has 176 valence electrons. The third-order valence-corrected chi connectivity index (χ3v) is 6.14. The third kappa shape index (κ3) is 6.81. The van der Waals surface area contributed by atoms with E-state index in [2.05, 4.69) is 45.9 Å². The molecular weight excluding hydrogens is 392 g/mol. The molecule has 0 aliphatic heterocycles. The van der Waals surface area contributed by atoms with Gasteiger partial charge in [-0.1, -0.05) is 41.9 Å². The minimum Gasteiger partial charge on any atom is -0.492 e. The van der Waals surface area contributed by atoms with Gasteiger partial charge in [0.25, 0.3) is 0 Å². The second kappa shape index (κ2) is 12.9.